The van der Waals surface area contributed by atoms with E-state index in [-0.39, 0.29) is 36.2 Å². The molecule has 1 aromatic carbocycles. The summed E-state index contributed by atoms with van der Waals surface area (Å²) in [6.45, 7) is 0.266. The zero-order valence-electron chi connectivity index (χ0n) is 11.0. The van der Waals surface area contributed by atoms with Crippen molar-refractivity contribution in [1.82, 2.24) is 15.0 Å². The second-order valence-electron chi connectivity index (χ2n) is 3.82. The predicted molar refractivity (Wildman–Crippen MR) is 65.7 cm³/mol. The van der Waals surface area contributed by atoms with E-state index in [0.717, 1.165) is 11.3 Å². The maximum atomic E-state index is 10.2. The van der Waals surface area contributed by atoms with Gasteiger partial charge in [-0.15, -0.1) is 5.10 Å². The third-order valence-electron chi connectivity index (χ3n) is 2.37. The smallest absolute Gasteiger partial charge is 0.726 e. The molecule has 0 aliphatic rings. The molecule has 1 aromatic heterocycles. The normalized spacial score (nSPS) is 11.1. The number of benzene rings is 1. The minimum atomic E-state index is -4.61. The quantitative estimate of drug-likeness (QED) is 0.260. The maximum Gasteiger partial charge on any atom is 1.00 e. The summed E-state index contributed by atoms with van der Waals surface area (Å²) < 4.78 is 36.3. The van der Waals surface area contributed by atoms with Crippen molar-refractivity contribution < 1.29 is 46.7 Å². The Labute approximate surface area is 139 Å². The third kappa shape index (κ3) is 5.70. The van der Waals surface area contributed by atoms with Gasteiger partial charge in [0, 0.05) is 12.1 Å². The van der Waals surface area contributed by atoms with Crippen molar-refractivity contribution in [3.8, 4) is 11.3 Å². The molecule has 9 heteroatoms. The molecule has 7 nitrogen and oxygen atoms in total. The van der Waals surface area contributed by atoms with E-state index < -0.39 is 10.4 Å². The topological polar surface area (TPSA) is 97.1 Å². The molecule has 0 bridgehead atoms. The fourth-order valence-electron chi connectivity index (χ4n) is 1.54. The standard InChI is InChI=1S/C11H13N3O4S.Na/c15-19(16,17)18-8-4-7-14-9-11(12-13-14)10-5-2-1-3-6-10;/h1-3,5-6,9H,4,7-8H2,(H,15,16,17);/q;+1/p-1. The van der Waals surface area contributed by atoms with E-state index in [9.17, 15) is 13.0 Å². The first-order valence-electron chi connectivity index (χ1n) is 5.60. The summed E-state index contributed by atoms with van der Waals surface area (Å²) in [7, 11) is -4.61. The van der Waals surface area contributed by atoms with E-state index in [4.69, 9.17) is 0 Å². The van der Waals surface area contributed by atoms with Crippen LogP contribution in [-0.2, 0) is 21.1 Å². The summed E-state index contributed by atoms with van der Waals surface area (Å²) in [5.41, 5.74) is 1.69. The molecule has 2 aromatic rings. The molecule has 0 saturated heterocycles. The predicted octanol–water partition coefficient (Wildman–Crippen LogP) is -2.18. The second kappa shape index (κ2) is 7.87. The molecule has 0 fully saturated rings. The van der Waals surface area contributed by atoms with Crippen molar-refractivity contribution >= 4 is 10.4 Å². The van der Waals surface area contributed by atoms with E-state index in [2.05, 4.69) is 14.5 Å². The van der Waals surface area contributed by atoms with Crippen molar-refractivity contribution in [3.05, 3.63) is 36.5 Å². The number of hydrogen-bond donors (Lipinski definition) is 0. The Morgan fingerprint density at radius 1 is 1.25 bits per heavy atom. The van der Waals surface area contributed by atoms with Crippen LogP contribution in [0.25, 0.3) is 11.3 Å². The summed E-state index contributed by atoms with van der Waals surface area (Å²) in [6, 6.07) is 9.56. The zero-order chi connectivity index (χ0) is 13.7. The van der Waals surface area contributed by atoms with Crippen LogP contribution < -0.4 is 29.6 Å². The fourth-order valence-corrected chi connectivity index (χ4v) is 1.86. The summed E-state index contributed by atoms with van der Waals surface area (Å²) in [6.07, 6.45) is 2.11. The number of rotatable bonds is 6. The number of aromatic nitrogens is 3. The zero-order valence-corrected chi connectivity index (χ0v) is 13.8. The van der Waals surface area contributed by atoms with E-state index in [0.29, 0.717) is 13.0 Å². The van der Waals surface area contributed by atoms with Crippen LogP contribution in [0, 0.1) is 0 Å². The Morgan fingerprint density at radius 3 is 2.60 bits per heavy atom. The molecule has 0 radical (unpaired) electrons. The largest absolute Gasteiger partial charge is 1.00 e. The molecule has 0 unspecified atom stereocenters. The van der Waals surface area contributed by atoms with E-state index in [1.807, 2.05) is 30.3 Å². The first kappa shape index (κ1) is 17.3. The third-order valence-corrected chi connectivity index (χ3v) is 2.82. The Kier molecular flexibility index (Phi) is 6.80. The van der Waals surface area contributed by atoms with Crippen LogP contribution in [0.1, 0.15) is 6.42 Å². The van der Waals surface area contributed by atoms with Gasteiger partial charge >= 0.3 is 29.6 Å². The molecule has 0 amide bonds. The monoisotopic (exact) mass is 305 g/mol. The average molecular weight is 305 g/mol. The summed E-state index contributed by atoms with van der Waals surface area (Å²) in [4.78, 5) is 0. The average Bonchev–Trinajstić information content (AvgIpc) is 2.83. The number of hydrogen-bond acceptors (Lipinski definition) is 6. The maximum absolute atomic E-state index is 10.2. The number of aryl methyl sites for hydroxylation is 1. The first-order valence-corrected chi connectivity index (χ1v) is 6.94. The molecule has 0 aliphatic heterocycles. The van der Waals surface area contributed by atoms with Gasteiger partial charge in [-0.2, -0.15) is 0 Å². The van der Waals surface area contributed by atoms with Gasteiger partial charge in [0.05, 0.1) is 12.8 Å². The summed E-state index contributed by atoms with van der Waals surface area (Å²) >= 11 is 0. The minimum absolute atomic E-state index is 0. The molecule has 0 aliphatic carbocycles. The summed E-state index contributed by atoms with van der Waals surface area (Å²) in [5.74, 6) is 0. The SMILES string of the molecule is O=S(=O)([O-])OCCCn1cc(-c2ccccc2)nn1.[Na+]. The molecule has 0 saturated carbocycles. The Bertz CT molecular complexity index is 630. The molecule has 0 spiro atoms. The van der Waals surface area contributed by atoms with Crippen LogP contribution in [0.3, 0.4) is 0 Å². The Morgan fingerprint density at radius 2 is 1.95 bits per heavy atom. The van der Waals surface area contributed by atoms with Crippen LogP contribution >= 0.6 is 0 Å². The van der Waals surface area contributed by atoms with E-state index in [1.165, 1.54) is 0 Å². The minimum Gasteiger partial charge on any atom is -0.726 e. The Hall–Kier alpha value is -0.770. The summed E-state index contributed by atoms with van der Waals surface area (Å²) in [5, 5.41) is 7.92. The van der Waals surface area contributed by atoms with E-state index >= 15 is 0 Å². The van der Waals surface area contributed by atoms with Gasteiger partial charge in [-0.1, -0.05) is 35.5 Å². The molecule has 2 rings (SSSR count). The van der Waals surface area contributed by atoms with Gasteiger partial charge < -0.3 is 4.55 Å². The van der Waals surface area contributed by atoms with Gasteiger partial charge in [0.2, 0.25) is 10.4 Å². The van der Waals surface area contributed by atoms with Crippen LogP contribution in [0.2, 0.25) is 0 Å². The van der Waals surface area contributed by atoms with Crippen LogP contribution in [0.15, 0.2) is 36.5 Å². The van der Waals surface area contributed by atoms with Crippen LogP contribution in [0.5, 0.6) is 0 Å². The molecule has 1 heterocycles. The van der Waals surface area contributed by atoms with Gasteiger partial charge in [-0.3, -0.25) is 8.86 Å². The van der Waals surface area contributed by atoms with Gasteiger partial charge in [0.1, 0.15) is 5.69 Å². The first-order chi connectivity index (χ1) is 9.04. The molecule has 102 valence electrons. The molecular formula is C11H12N3NaO4S. The van der Waals surface area contributed by atoms with Crippen molar-refractivity contribution in [2.75, 3.05) is 6.61 Å². The fraction of sp³-hybridized carbons (Fsp3) is 0.273. The van der Waals surface area contributed by atoms with E-state index in [1.54, 1.807) is 10.9 Å². The molecule has 0 atom stereocenters. The second-order valence-corrected chi connectivity index (χ2v) is 4.87. The van der Waals surface area contributed by atoms with Gasteiger partial charge in [-0.05, 0) is 6.42 Å². The molecule has 0 N–H and O–H groups in total. The van der Waals surface area contributed by atoms with Crippen LogP contribution in [0.4, 0.5) is 0 Å². The van der Waals surface area contributed by atoms with Crippen molar-refractivity contribution in [2.45, 2.75) is 13.0 Å². The van der Waals surface area contributed by atoms with Crippen molar-refractivity contribution in [2.24, 2.45) is 0 Å². The molecule has 20 heavy (non-hydrogen) atoms. The van der Waals surface area contributed by atoms with Gasteiger partial charge in [0.15, 0.2) is 0 Å². The van der Waals surface area contributed by atoms with Gasteiger partial charge in [-0.25, -0.2) is 8.42 Å². The Balaban J connectivity index is 0.00000200. The van der Waals surface area contributed by atoms with Crippen LogP contribution in [-0.4, -0.2) is 34.6 Å². The number of nitrogens with zero attached hydrogens (tertiary/aromatic N) is 3. The van der Waals surface area contributed by atoms with Crippen molar-refractivity contribution in [3.63, 3.8) is 0 Å². The van der Waals surface area contributed by atoms with Crippen molar-refractivity contribution in [1.29, 1.82) is 0 Å². The molecular weight excluding hydrogens is 293 g/mol. The van der Waals surface area contributed by atoms with Gasteiger partial charge in [0.25, 0.3) is 0 Å².